The summed E-state index contributed by atoms with van der Waals surface area (Å²) in [5.74, 6) is -0.0769. The minimum absolute atomic E-state index is 0.0769. The summed E-state index contributed by atoms with van der Waals surface area (Å²) in [5, 5.41) is 8.25. The first-order valence-corrected chi connectivity index (χ1v) is 7.72. The van der Waals surface area contributed by atoms with Gasteiger partial charge >= 0.3 is 0 Å². The smallest absolute Gasteiger partial charge is 0.267 e. The molecule has 0 aliphatic heterocycles. The molecule has 2 rings (SSSR count). The van der Waals surface area contributed by atoms with Gasteiger partial charge in [-0.25, -0.2) is 13.4 Å². The molecule has 0 saturated heterocycles. The van der Waals surface area contributed by atoms with Crippen molar-refractivity contribution in [2.24, 2.45) is 0 Å². The molecule has 0 amide bonds. The molecular formula is C8H8BrN5O2S2. The van der Waals surface area contributed by atoms with Crippen LogP contribution < -0.4 is 10.5 Å². The number of rotatable bonds is 3. The van der Waals surface area contributed by atoms with Crippen molar-refractivity contribution in [3.8, 4) is 0 Å². The molecule has 7 nitrogen and oxygen atoms in total. The molecule has 0 aliphatic rings. The van der Waals surface area contributed by atoms with Crippen LogP contribution in [0.3, 0.4) is 0 Å². The molecule has 0 atom stereocenters. The van der Waals surface area contributed by atoms with E-state index in [-0.39, 0.29) is 15.8 Å². The van der Waals surface area contributed by atoms with Crippen molar-refractivity contribution in [2.75, 3.05) is 10.5 Å². The third-order valence-corrected chi connectivity index (χ3v) is 4.57. The molecule has 0 spiro atoms. The van der Waals surface area contributed by atoms with Crippen molar-refractivity contribution in [3.63, 3.8) is 0 Å². The van der Waals surface area contributed by atoms with E-state index in [4.69, 9.17) is 5.73 Å². The molecule has 2 aromatic rings. The fraction of sp³-hybridized carbons (Fsp3) is 0.125. The van der Waals surface area contributed by atoms with E-state index in [0.717, 1.165) is 11.3 Å². The van der Waals surface area contributed by atoms with Gasteiger partial charge in [-0.1, -0.05) is 11.3 Å². The predicted octanol–water partition coefficient (Wildman–Crippen LogP) is 1.39. The third-order valence-electron chi connectivity index (χ3n) is 1.89. The molecule has 96 valence electrons. The molecule has 18 heavy (non-hydrogen) atoms. The van der Waals surface area contributed by atoms with Crippen molar-refractivity contribution in [3.05, 3.63) is 21.7 Å². The first-order chi connectivity index (χ1) is 8.38. The molecule has 2 aromatic heterocycles. The zero-order valence-corrected chi connectivity index (χ0v) is 12.3. The molecular weight excluding hydrogens is 342 g/mol. The number of pyridine rings is 1. The van der Waals surface area contributed by atoms with Crippen molar-refractivity contribution < 1.29 is 8.42 Å². The molecule has 10 heteroatoms. The average molecular weight is 350 g/mol. The lowest BCUT2D eigenvalue weighted by atomic mass is 10.5. The summed E-state index contributed by atoms with van der Waals surface area (Å²) < 4.78 is 27.0. The molecule has 0 unspecified atom stereocenters. The Kier molecular flexibility index (Phi) is 3.50. The lowest BCUT2D eigenvalue weighted by Crippen LogP contribution is -2.15. The van der Waals surface area contributed by atoms with Gasteiger partial charge in [0.05, 0.1) is 0 Å². The number of halogens is 1. The van der Waals surface area contributed by atoms with E-state index in [1.165, 1.54) is 12.3 Å². The lowest BCUT2D eigenvalue weighted by molar-refractivity contribution is 0.601. The van der Waals surface area contributed by atoms with E-state index in [1.807, 2.05) is 0 Å². The van der Waals surface area contributed by atoms with Crippen molar-refractivity contribution in [2.45, 2.75) is 11.8 Å². The van der Waals surface area contributed by atoms with Gasteiger partial charge < -0.3 is 5.73 Å². The Hall–Kier alpha value is -1.26. The Labute approximate surface area is 116 Å². The number of aromatic nitrogens is 3. The van der Waals surface area contributed by atoms with Crippen LogP contribution in [0.1, 0.15) is 5.01 Å². The minimum Gasteiger partial charge on any atom is -0.383 e. The molecule has 0 radical (unpaired) electrons. The lowest BCUT2D eigenvalue weighted by Gasteiger charge is -2.06. The van der Waals surface area contributed by atoms with E-state index in [0.29, 0.717) is 9.48 Å². The summed E-state index contributed by atoms with van der Waals surface area (Å²) in [5.41, 5.74) is 5.55. The fourth-order valence-electron chi connectivity index (χ4n) is 1.15. The van der Waals surface area contributed by atoms with Crippen LogP contribution in [0.25, 0.3) is 0 Å². The Bertz CT molecular complexity index is 685. The average Bonchev–Trinajstić information content (AvgIpc) is 2.66. The molecule has 0 bridgehead atoms. The predicted molar refractivity (Wildman–Crippen MR) is 71.8 cm³/mol. The fourth-order valence-corrected chi connectivity index (χ4v) is 3.57. The largest absolute Gasteiger partial charge is 0.383 e. The van der Waals surface area contributed by atoms with Gasteiger partial charge in [-0.2, -0.15) is 0 Å². The van der Waals surface area contributed by atoms with Crippen molar-refractivity contribution in [1.82, 2.24) is 15.2 Å². The standard InChI is InChI=1S/C8H8BrN5O2S2/c1-4-12-13-8(17-4)14-18(15,16)6-2-5(9)3-11-7(6)10/h2-3H,1H3,(H2,10,11)(H,13,14). The quantitative estimate of drug-likeness (QED) is 0.865. The van der Waals surface area contributed by atoms with Gasteiger partial charge in [0.1, 0.15) is 15.7 Å². The molecule has 3 N–H and O–H groups in total. The van der Waals surface area contributed by atoms with Crippen LogP contribution in [-0.2, 0) is 10.0 Å². The summed E-state index contributed by atoms with van der Waals surface area (Å²) in [4.78, 5) is 3.66. The molecule has 0 aliphatic carbocycles. The van der Waals surface area contributed by atoms with Crippen LogP contribution in [0.5, 0.6) is 0 Å². The first-order valence-electron chi connectivity index (χ1n) is 4.62. The van der Waals surface area contributed by atoms with Gasteiger partial charge in [-0.15, -0.1) is 10.2 Å². The van der Waals surface area contributed by atoms with Crippen molar-refractivity contribution in [1.29, 1.82) is 0 Å². The van der Waals surface area contributed by atoms with Crippen LogP contribution in [0.4, 0.5) is 10.9 Å². The van der Waals surface area contributed by atoms with Gasteiger partial charge in [-0.05, 0) is 28.9 Å². The maximum Gasteiger partial charge on any atom is 0.267 e. The van der Waals surface area contributed by atoms with Gasteiger partial charge in [-0.3, -0.25) is 4.72 Å². The number of hydrogen-bond acceptors (Lipinski definition) is 7. The monoisotopic (exact) mass is 349 g/mol. The van der Waals surface area contributed by atoms with Crippen LogP contribution in [0.15, 0.2) is 21.6 Å². The van der Waals surface area contributed by atoms with Gasteiger partial charge in [0.15, 0.2) is 0 Å². The number of anilines is 2. The number of sulfonamides is 1. The summed E-state index contributed by atoms with van der Waals surface area (Å²) in [6.45, 7) is 1.73. The number of aryl methyl sites for hydroxylation is 1. The van der Waals surface area contributed by atoms with Gasteiger partial charge in [0.2, 0.25) is 5.13 Å². The minimum atomic E-state index is -3.81. The Balaban J connectivity index is 2.39. The zero-order valence-electron chi connectivity index (χ0n) is 9.08. The number of nitrogens with one attached hydrogen (secondary N) is 1. The van der Waals surface area contributed by atoms with Gasteiger partial charge in [0.25, 0.3) is 10.0 Å². The Morgan fingerprint density at radius 3 is 2.78 bits per heavy atom. The van der Waals surface area contributed by atoms with Gasteiger partial charge in [0, 0.05) is 10.7 Å². The van der Waals surface area contributed by atoms with E-state index in [1.54, 1.807) is 6.92 Å². The van der Waals surface area contributed by atoms with Crippen LogP contribution in [0, 0.1) is 6.92 Å². The van der Waals surface area contributed by atoms with Crippen molar-refractivity contribution >= 4 is 48.2 Å². The maximum absolute atomic E-state index is 12.1. The molecule has 2 heterocycles. The first kappa shape index (κ1) is 13.2. The van der Waals surface area contributed by atoms with Crippen LogP contribution in [-0.4, -0.2) is 23.6 Å². The topological polar surface area (TPSA) is 111 Å². The van der Waals surface area contributed by atoms with E-state index in [9.17, 15) is 8.42 Å². The molecule has 0 fully saturated rings. The molecule has 0 saturated carbocycles. The Morgan fingerprint density at radius 1 is 1.44 bits per heavy atom. The highest BCUT2D eigenvalue weighted by molar-refractivity contribution is 9.10. The zero-order chi connectivity index (χ0) is 13.3. The highest BCUT2D eigenvalue weighted by Gasteiger charge is 2.20. The number of nitrogens with zero attached hydrogens (tertiary/aromatic N) is 3. The highest BCUT2D eigenvalue weighted by Crippen LogP contribution is 2.24. The number of nitrogen functional groups attached to an aromatic ring is 1. The number of hydrogen-bond donors (Lipinski definition) is 2. The number of nitrogens with two attached hydrogens (primary N) is 1. The Morgan fingerprint density at radius 2 is 2.17 bits per heavy atom. The summed E-state index contributed by atoms with van der Waals surface area (Å²) >= 11 is 4.28. The van der Waals surface area contributed by atoms with E-state index < -0.39 is 10.0 Å². The second kappa shape index (κ2) is 4.78. The molecule has 0 aromatic carbocycles. The summed E-state index contributed by atoms with van der Waals surface area (Å²) in [6, 6.07) is 1.37. The summed E-state index contributed by atoms with van der Waals surface area (Å²) in [7, 11) is -3.81. The summed E-state index contributed by atoms with van der Waals surface area (Å²) in [6.07, 6.45) is 1.42. The maximum atomic E-state index is 12.1. The van der Waals surface area contributed by atoms with E-state index >= 15 is 0 Å². The normalized spacial score (nSPS) is 11.4. The second-order valence-electron chi connectivity index (χ2n) is 3.27. The second-order valence-corrected chi connectivity index (χ2v) is 7.02. The van der Waals surface area contributed by atoms with Crippen LogP contribution >= 0.6 is 27.3 Å². The van der Waals surface area contributed by atoms with Crippen LogP contribution in [0.2, 0.25) is 0 Å². The third kappa shape index (κ3) is 2.76. The van der Waals surface area contributed by atoms with E-state index in [2.05, 4.69) is 35.8 Å². The highest BCUT2D eigenvalue weighted by atomic mass is 79.9. The SMILES string of the molecule is Cc1nnc(NS(=O)(=O)c2cc(Br)cnc2N)s1.